The molecule has 0 spiro atoms. The van der Waals surface area contributed by atoms with Crippen molar-refractivity contribution in [1.29, 1.82) is 0 Å². The van der Waals surface area contributed by atoms with Crippen LogP contribution in [0.2, 0.25) is 0 Å². The normalized spacial score (nSPS) is 13.8. The summed E-state index contributed by atoms with van der Waals surface area (Å²) in [6, 6.07) is 5.93. The Labute approximate surface area is 122 Å². The summed E-state index contributed by atoms with van der Waals surface area (Å²) >= 11 is 1.22. The van der Waals surface area contributed by atoms with Crippen LogP contribution in [0.5, 0.6) is 11.5 Å². The molecule has 1 aromatic carbocycles. The molecule has 0 unspecified atom stereocenters. The van der Waals surface area contributed by atoms with Gasteiger partial charge >= 0.3 is 0 Å². The smallest absolute Gasteiger partial charge is 0.168 e. The number of fused-ring (bicyclic) bond motifs is 1. The van der Waals surface area contributed by atoms with Crippen molar-refractivity contribution in [2.24, 2.45) is 0 Å². The van der Waals surface area contributed by atoms with Crippen LogP contribution in [0.15, 0.2) is 18.2 Å². The largest absolute Gasteiger partial charge is 0.490 e. The van der Waals surface area contributed by atoms with Crippen molar-refractivity contribution in [2.45, 2.75) is 19.8 Å². The Morgan fingerprint density at radius 3 is 2.90 bits per heavy atom. The molecule has 0 bridgehead atoms. The van der Waals surface area contributed by atoms with E-state index in [1.165, 1.54) is 11.7 Å². The number of nitrogens with zero attached hydrogens (tertiary/aromatic N) is 2. The molecule has 0 saturated carbocycles. The van der Waals surface area contributed by atoms with Crippen LogP contribution < -0.4 is 14.8 Å². The Kier molecular flexibility index (Phi) is 4.01. The topological polar surface area (TPSA) is 56.3 Å². The molecule has 0 amide bonds. The van der Waals surface area contributed by atoms with Gasteiger partial charge in [0.15, 0.2) is 17.3 Å². The van der Waals surface area contributed by atoms with Gasteiger partial charge in [-0.25, -0.2) is 0 Å². The van der Waals surface area contributed by atoms with Gasteiger partial charge in [0.25, 0.3) is 0 Å². The molecule has 0 radical (unpaired) electrons. The summed E-state index contributed by atoms with van der Waals surface area (Å²) in [7, 11) is 0. The van der Waals surface area contributed by atoms with E-state index in [2.05, 4.69) is 21.0 Å². The first-order chi connectivity index (χ1) is 9.88. The molecule has 1 aromatic heterocycles. The number of benzene rings is 1. The van der Waals surface area contributed by atoms with E-state index in [-0.39, 0.29) is 0 Å². The average molecular weight is 291 g/mol. The van der Waals surface area contributed by atoms with Gasteiger partial charge in [-0.05, 0) is 24.6 Å². The van der Waals surface area contributed by atoms with E-state index in [1.54, 1.807) is 0 Å². The van der Waals surface area contributed by atoms with Gasteiger partial charge < -0.3 is 14.8 Å². The van der Waals surface area contributed by atoms with Gasteiger partial charge in [-0.3, -0.25) is 0 Å². The molecule has 1 N–H and O–H groups in total. The maximum atomic E-state index is 5.72. The second-order valence-electron chi connectivity index (χ2n) is 4.60. The number of rotatable bonds is 4. The number of ether oxygens (including phenoxy) is 2. The average Bonchev–Trinajstić information content (AvgIpc) is 2.81. The summed E-state index contributed by atoms with van der Waals surface area (Å²) in [5.74, 6) is 2.43. The minimum atomic E-state index is 0.687. The number of hydrogen-bond acceptors (Lipinski definition) is 6. The second-order valence-corrected chi connectivity index (χ2v) is 5.13. The molecule has 6 heteroatoms. The van der Waals surface area contributed by atoms with Crippen LogP contribution in [0.25, 0.3) is 11.3 Å². The predicted octanol–water partition coefficient (Wildman–Crippen LogP) is 3.19. The lowest BCUT2D eigenvalue weighted by molar-refractivity contribution is 0.297. The summed E-state index contributed by atoms with van der Waals surface area (Å²) < 4.78 is 20.1. The fourth-order valence-electron chi connectivity index (χ4n) is 2.05. The van der Waals surface area contributed by atoms with Crippen molar-refractivity contribution in [2.75, 3.05) is 25.1 Å². The van der Waals surface area contributed by atoms with E-state index in [0.29, 0.717) is 13.2 Å². The fraction of sp³-hybridized carbons (Fsp3) is 0.429. The lowest BCUT2D eigenvalue weighted by Crippen LogP contribution is -2.01. The Morgan fingerprint density at radius 2 is 2.05 bits per heavy atom. The van der Waals surface area contributed by atoms with Crippen LogP contribution in [0.4, 0.5) is 5.82 Å². The van der Waals surface area contributed by atoms with Crippen LogP contribution in [-0.2, 0) is 0 Å². The molecule has 0 atom stereocenters. The van der Waals surface area contributed by atoms with Crippen LogP contribution >= 0.6 is 11.7 Å². The van der Waals surface area contributed by atoms with Gasteiger partial charge in [-0.1, -0.05) is 6.92 Å². The quantitative estimate of drug-likeness (QED) is 0.937. The molecule has 0 fully saturated rings. The molecule has 2 aromatic rings. The minimum Gasteiger partial charge on any atom is -0.490 e. The first kappa shape index (κ1) is 13.2. The molecule has 20 heavy (non-hydrogen) atoms. The van der Waals surface area contributed by atoms with Gasteiger partial charge in [0.2, 0.25) is 0 Å². The van der Waals surface area contributed by atoms with Crippen molar-refractivity contribution in [3.63, 3.8) is 0 Å². The summed E-state index contributed by atoms with van der Waals surface area (Å²) in [5, 5.41) is 3.30. The highest BCUT2D eigenvalue weighted by Crippen LogP contribution is 2.35. The second kappa shape index (κ2) is 6.09. The molecule has 3 rings (SSSR count). The molecule has 1 aliphatic rings. The van der Waals surface area contributed by atoms with Gasteiger partial charge in [-0.2, -0.15) is 8.75 Å². The third kappa shape index (κ3) is 2.70. The van der Waals surface area contributed by atoms with E-state index >= 15 is 0 Å². The zero-order valence-corrected chi connectivity index (χ0v) is 12.2. The van der Waals surface area contributed by atoms with Gasteiger partial charge in [-0.15, -0.1) is 0 Å². The van der Waals surface area contributed by atoms with Crippen molar-refractivity contribution in [1.82, 2.24) is 8.75 Å². The first-order valence-electron chi connectivity index (χ1n) is 6.85. The third-order valence-corrected chi connectivity index (χ3v) is 3.58. The maximum absolute atomic E-state index is 5.72. The Morgan fingerprint density at radius 1 is 1.20 bits per heavy atom. The van der Waals surface area contributed by atoms with Crippen LogP contribution in [0.1, 0.15) is 19.8 Å². The summed E-state index contributed by atoms with van der Waals surface area (Å²) in [5.41, 5.74) is 1.88. The van der Waals surface area contributed by atoms with Crippen molar-refractivity contribution in [3.05, 3.63) is 18.2 Å². The summed E-state index contributed by atoms with van der Waals surface area (Å²) in [6.45, 7) is 4.41. The van der Waals surface area contributed by atoms with E-state index < -0.39 is 0 Å². The predicted molar refractivity (Wildman–Crippen MR) is 79.7 cm³/mol. The molecule has 1 aliphatic heterocycles. The molecule has 2 heterocycles. The molecule has 0 aliphatic carbocycles. The van der Waals surface area contributed by atoms with Crippen LogP contribution in [0.3, 0.4) is 0 Å². The van der Waals surface area contributed by atoms with Gasteiger partial charge in [0.1, 0.15) is 5.69 Å². The summed E-state index contributed by atoms with van der Waals surface area (Å²) in [6.07, 6.45) is 1.96. The zero-order chi connectivity index (χ0) is 13.8. The highest BCUT2D eigenvalue weighted by molar-refractivity contribution is 6.99. The fourth-order valence-corrected chi connectivity index (χ4v) is 2.59. The molecule has 5 nitrogen and oxygen atoms in total. The first-order valence-corrected chi connectivity index (χ1v) is 7.58. The monoisotopic (exact) mass is 291 g/mol. The van der Waals surface area contributed by atoms with E-state index in [9.17, 15) is 0 Å². The lowest BCUT2D eigenvalue weighted by Gasteiger charge is -2.09. The standard InChI is InChI=1S/C14H17N3O2S/c1-2-6-15-14-13(16-20-17-14)10-4-5-11-12(9-10)19-8-3-7-18-11/h4-5,9H,2-3,6-8H2,1H3,(H,15,17). The minimum absolute atomic E-state index is 0.687. The zero-order valence-electron chi connectivity index (χ0n) is 11.4. The lowest BCUT2D eigenvalue weighted by atomic mass is 10.1. The highest BCUT2D eigenvalue weighted by Gasteiger charge is 2.15. The van der Waals surface area contributed by atoms with Gasteiger partial charge in [0.05, 0.1) is 24.9 Å². The number of aromatic nitrogens is 2. The Hall–Kier alpha value is -1.82. The molecular formula is C14H17N3O2S. The number of nitrogens with one attached hydrogen (secondary N) is 1. The maximum Gasteiger partial charge on any atom is 0.168 e. The molecule has 106 valence electrons. The van der Waals surface area contributed by atoms with Crippen molar-refractivity contribution >= 4 is 17.5 Å². The van der Waals surface area contributed by atoms with Crippen LogP contribution in [0, 0.1) is 0 Å². The van der Waals surface area contributed by atoms with E-state index in [4.69, 9.17) is 9.47 Å². The number of hydrogen-bond donors (Lipinski definition) is 1. The van der Waals surface area contributed by atoms with Crippen molar-refractivity contribution < 1.29 is 9.47 Å². The third-order valence-electron chi connectivity index (χ3n) is 3.05. The Balaban J connectivity index is 1.90. The van der Waals surface area contributed by atoms with E-state index in [1.807, 2.05) is 18.2 Å². The molecular weight excluding hydrogens is 274 g/mol. The SMILES string of the molecule is CCCNc1nsnc1-c1ccc2c(c1)OCCCO2. The highest BCUT2D eigenvalue weighted by atomic mass is 32.1. The van der Waals surface area contributed by atoms with Crippen LogP contribution in [-0.4, -0.2) is 28.5 Å². The van der Waals surface area contributed by atoms with Crippen molar-refractivity contribution in [3.8, 4) is 22.8 Å². The summed E-state index contributed by atoms with van der Waals surface area (Å²) in [4.78, 5) is 0. The molecule has 0 saturated heterocycles. The number of anilines is 1. The Bertz CT molecular complexity index is 586. The van der Waals surface area contributed by atoms with E-state index in [0.717, 1.165) is 48.0 Å². The van der Waals surface area contributed by atoms with Gasteiger partial charge in [0, 0.05) is 18.5 Å².